The van der Waals surface area contributed by atoms with Crippen molar-refractivity contribution in [3.05, 3.63) is 82.2 Å². The Kier molecular flexibility index (Phi) is 5.13. The first-order valence-electron chi connectivity index (χ1n) is 9.80. The minimum Gasteiger partial charge on any atom is -0.360 e. The molecular weight excluding hydrogens is 386 g/mol. The van der Waals surface area contributed by atoms with Crippen LogP contribution in [0.5, 0.6) is 0 Å². The molecule has 0 amide bonds. The molecule has 0 spiro atoms. The molecule has 1 aliphatic carbocycles. The third-order valence-corrected chi connectivity index (χ3v) is 7.40. The lowest BCUT2D eigenvalue weighted by molar-refractivity contribution is 0.103. The van der Waals surface area contributed by atoms with Crippen molar-refractivity contribution in [1.29, 1.82) is 0 Å². The van der Waals surface area contributed by atoms with Crippen molar-refractivity contribution in [1.82, 2.24) is 5.16 Å². The highest BCUT2D eigenvalue weighted by molar-refractivity contribution is 7.91. The van der Waals surface area contributed by atoms with E-state index >= 15 is 0 Å². The Morgan fingerprint density at radius 2 is 1.83 bits per heavy atom. The van der Waals surface area contributed by atoms with E-state index in [4.69, 9.17) is 4.52 Å². The largest absolute Gasteiger partial charge is 0.360 e. The second kappa shape index (κ2) is 7.59. The van der Waals surface area contributed by atoms with Gasteiger partial charge < -0.3 is 4.52 Å². The van der Waals surface area contributed by atoms with E-state index in [1.807, 2.05) is 30.3 Å². The molecule has 6 heteroatoms. The van der Waals surface area contributed by atoms with Crippen molar-refractivity contribution in [3.63, 3.8) is 0 Å². The van der Waals surface area contributed by atoms with Crippen molar-refractivity contribution in [3.8, 4) is 0 Å². The molecule has 0 saturated heterocycles. The summed E-state index contributed by atoms with van der Waals surface area (Å²) in [7, 11) is -3.39. The number of carbonyl (C=O) groups excluding carboxylic acids is 1. The summed E-state index contributed by atoms with van der Waals surface area (Å²) >= 11 is 0. The molecular formula is C23H23NO4S. The Bertz CT molecular complexity index is 1160. The van der Waals surface area contributed by atoms with E-state index in [1.54, 1.807) is 26.0 Å². The third-order valence-electron chi connectivity index (χ3n) is 5.52. The number of sulfone groups is 1. The Balaban J connectivity index is 1.85. The molecule has 1 fully saturated rings. The highest BCUT2D eigenvalue weighted by atomic mass is 32.2. The first-order chi connectivity index (χ1) is 13.9. The van der Waals surface area contributed by atoms with E-state index in [0.29, 0.717) is 28.9 Å². The van der Waals surface area contributed by atoms with Crippen LogP contribution in [-0.4, -0.2) is 25.1 Å². The number of nitrogens with zero attached hydrogens (tertiary/aromatic N) is 1. The van der Waals surface area contributed by atoms with Gasteiger partial charge in [0.05, 0.1) is 22.4 Å². The number of benzene rings is 2. The van der Waals surface area contributed by atoms with Crippen molar-refractivity contribution < 1.29 is 17.7 Å². The van der Waals surface area contributed by atoms with Crippen LogP contribution in [0.2, 0.25) is 0 Å². The van der Waals surface area contributed by atoms with E-state index in [-0.39, 0.29) is 22.3 Å². The number of aromatic nitrogens is 1. The molecule has 0 bridgehead atoms. The molecule has 29 heavy (non-hydrogen) atoms. The van der Waals surface area contributed by atoms with Crippen molar-refractivity contribution in [2.45, 2.75) is 43.9 Å². The number of ketones is 1. The first kappa shape index (κ1) is 19.6. The van der Waals surface area contributed by atoms with Crippen LogP contribution in [-0.2, 0) is 16.3 Å². The minimum absolute atomic E-state index is 0.0173. The predicted octanol–water partition coefficient (Wildman–Crippen LogP) is 4.48. The lowest BCUT2D eigenvalue weighted by Crippen LogP contribution is -2.13. The van der Waals surface area contributed by atoms with E-state index in [0.717, 1.165) is 24.0 Å². The molecule has 4 rings (SSSR count). The van der Waals surface area contributed by atoms with Gasteiger partial charge in [-0.2, -0.15) is 0 Å². The van der Waals surface area contributed by atoms with Gasteiger partial charge in [0.2, 0.25) is 0 Å². The maximum atomic E-state index is 13.4. The van der Waals surface area contributed by atoms with Gasteiger partial charge in [0.25, 0.3) is 0 Å². The van der Waals surface area contributed by atoms with Crippen LogP contribution in [0, 0.1) is 6.92 Å². The van der Waals surface area contributed by atoms with Gasteiger partial charge in [-0.05, 0) is 55.0 Å². The SMILES string of the molecule is CCS(=O)(=O)c1ccc(C(=O)c2cnoc2C2CC2)c(Cc2ccccc2)c1C. The fraction of sp³-hybridized carbons (Fsp3) is 0.304. The number of hydrogen-bond donors (Lipinski definition) is 0. The van der Waals surface area contributed by atoms with Gasteiger partial charge in [0.1, 0.15) is 0 Å². The monoisotopic (exact) mass is 409 g/mol. The molecule has 2 aromatic carbocycles. The molecule has 0 aliphatic heterocycles. The summed E-state index contributed by atoms with van der Waals surface area (Å²) in [5, 5.41) is 3.84. The Hall–Kier alpha value is -2.73. The van der Waals surface area contributed by atoms with Gasteiger partial charge in [-0.1, -0.05) is 42.4 Å². The second-order valence-corrected chi connectivity index (χ2v) is 9.73. The van der Waals surface area contributed by atoms with E-state index < -0.39 is 9.84 Å². The van der Waals surface area contributed by atoms with E-state index in [1.165, 1.54) is 6.20 Å². The molecule has 1 aromatic heterocycles. The molecule has 0 N–H and O–H groups in total. The molecule has 5 nitrogen and oxygen atoms in total. The van der Waals surface area contributed by atoms with Crippen LogP contribution in [0.15, 0.2) is 58.1 Å². The average Bonchev–Trinajstić information content (AvgIpc) is 3.45. The standard InChI is InChI=1S/C23H23NO4S/c1-3-29(26,27)21-12-11-18(19(15(21)2)13-16-7-5-4-6-8-16)22(25)20-14-24-28-23(20)17-9-10-17/h4-8,11-12,14,17H,3,9-10,13H2,1-2H3. The summed E-state index contributed by atoms with van der Waals surface area (Å²) in [4.78, 5) is 13.7. The summed E-state index contributed by atoms with van der Waals surface area (Å²) in [5.74, 6) is 0.754. The quantitative estimate of drug-likeness (QED) is 0.538. The molecule has 1 saturated carbocycles. The highest BCUT2D eigenvalue weighted by Crippen LogP contribution is 2.42. The summed E-state index contributed by atoms with van der Waals surface area (Å²) in [6.45, 7) is 3.41. The van der Waals surface area contributed by atoms with Gasteiger partial charge in [-0.3, -0.25) is 4.79 Å². The van der Waals surface area contributed by atoms with Crippen LogP contribution in [0.4, 0.5) is 0 Å². The zero-order valence-corrected chi connectivity index (χ0v) is 17.3. The Labute approximate surface area is 170 Å². The topological polar surface area (TPSA) is 77.2 Å². The molecule has 0 unspecified atom stereocenters. The predicted molar refractivity (Wildman–Crippen MR) is 110 cm³/mol. The average molecular weight is 410 g/mol. The molecule has 1 heterocycles. The van der Waals surface area contributed by atoms with E-state index in [9.17, 15) is 13.2 Å². The van der Waals surface area contributed by atoms with Gasteiger partial charge in [-0.25, -0.2) is 8.42 Å². The first-order valence-corrected chi connectivity index (χ1v) is 11.5. The fourth-order valence-electron chi connectivity index (χ4n) is 3.67. The van der Waals surface area contributed by atoms with Crippen LogP contribution < -0.4 is 0 Å². The zero-order valence-electron chi connectivity index (χ0n) is 16.5. The molecule has 1 aliphatic rings. The van der Waals surface area contributed by atoms with Crippen LogP contribution in [0.1, 0.15) is 64.1 Å². The number of hydrogen-bond acceptors (Lipinski definition) is 5. The lowest BCUT2D eigenvalue weighted by Gasteiger charge is -2.16. The maximum absolute atomic E-state index is 13.4. The highest BCUT2D eigenvalue weighted by Gasteiger charge is 2.33. The van der Waals surface area contributed by atoms with Gasteiger partial charge in [0.15, 0.2) is 21.4 Å². The summed E-state index contributed by atoms with van der Waals surface area (Å²) in [6.07, 6.45) is 3.96. The Morgan fingerprint density at radius 3 is 2.48 bits per heavy atom. The Morgan fingerprint density at radius 1 is 1.10 bits per heavy atom. The van der Waals surface area contributed by atoms with Crippen LogP contribution >= 0.6 is 0 Å². The van der Waals surface area contributed by atoms with Crippen molar-refractivity contribution in [2.75, 3.05) is 5.75 Å². The van der Waals surface area contributed by atoms with Crippen LogP contribution in [0.3, 0.4) is 0 Å². The maximum Gasteiger partial charge on any atom is 0.198 e. The summed E-state index contributed by atoms with van der Waals surface area (Å²) < 4.78 is 30.5. The third kappa shape index (κ3) is 3.77. The van der Waals surface area contributed by atoms with Crippen molar-refractivity contribution >= 4 is 15.6 Å². The molecule has 0 atom stereocenters. The van der Waals surface area contributed by atoms with Gasteiger partial charge in [0, 0.05) is 11.5 Å². The number of carbonyl (C=O) groups is 1. The van der Waals surface area contributed by atoms with Crippen LogP contribution in [0.25, 0.3) is 0 Å². The van der Waals surface area contributed by atoms with E-state index in [2.05, 4.69) is 5.16 Å². The number of rotatable bonds is 7. The molecule has 0 radical (unpaired) electrons. The summed E-state index contributed by atoms with van der Waals surface area (Å²) in [5.41, 5.74) is 3.37. The van der Waals surface area contributed by atoms with Gasteiger partial charge in [-0.15, -0.1) is 0 Å². The lowest BCUT2D eigenvalue weighted by atomic mass is 9.91. The smallest absolute Gasteiger partial charge is 0.198 e. The summed E-state index contributed by atoms with van der Waals surface area (Å²) in [6, 6.07) is 12.9. The molecule has 150 valence electrons. The zero-order chi connectivity index (χ0) is 20.6. The fourth-order valence-corrected chi connectivity index (χ4v) is 4.85. The normalized spacial score (nSPS) is 14.1. The van der Waals surface area contributed by atoms with Gasteiger partial charge >= 0.3 is 0 Å². The van der Waals surface area contributed by atoms with Crippen molar-refractivity contribution in [2.24, 2.45) is 0 Å². The minimum atomic E-state index is -3.39. The molecule has 3 aromatic rings. The second-order valence-electron chi connectivity index (χ2n) is 7.49.